The van der Waals surface area contributed by atoms with Crippen molar-refractivity contribution in [3.8, 4) is 10.4 Å². The van der Waals surface area contributed by atoms with E-state index in [4.69, 9.17) is 0 Å². The third kappa shape index (κ3) is 5.01. The van der Waals surface area contributed by atoms with Crippen LogP contribution in [0.25, 0.3) is 10.4 Å². The minimum Gasteiger partial charge on any atom is -0.479 e. The summed E-state index contributed by atoms with van der Waals surface area (Å²) in [5.74, 6) is -1.34. The summed E-state index contributed by atoms with van der Waals surface area (Å²) in [6, 6.07) is 6.34. The molecule has 2 heterocycles. The van der Waals surface area contributed by atoms with Crippen LogP contribution in [0, 0.1) is 12.3 Å². The first-order valence-corrected chi connectivity index (χ1v) is 11.8. The van der Waals surface area contributed by atoms with Gasteiger partial charge in [0.25, 0.3) is 0 Å². The fraction of sp³-hybridized carbons (Fsp3) is 0.417. The van der Waals surface area contributed by atoms with Crippen LogP contribution in [0.3, 0.4) is 0 Å². The molecular weight excluding hydrogens is 481 g/mol. The van der Waals surface area contributed by atoms with Crippen LogP contribution in [0.5, 0.6) is 0 Å². The molecule has 1 aliphatic carbocycles. The number of hydrogen-bond acceptors (Lipinski definition) is 7. The zero-order valence-electron chi connectivity index (χ0n) is 19.3. The third-order valence-corrected chi connectivity index (χ3v) is 7.73. The van der Waals surface area contributed by atoms with E-state index in [1.165, 1.54) is 11.3 Å². The Labute approximate surface area is 204 Å². The highest BCUT2D eigenvalue weighted by Crippen LogP contribution is 2.50. The Morgan fingerprint density at radius 1 is 1.23 bits per heavy atom. The molecule has 4 rings (SSSR count). The Morgan fingerprint density at radius 2 is 1.97 bits per heavy atom. The molecule has 0 aliphatic heterocycles. The van der Waals surface area contributed by atoms with Gasteiger partial charge in [-0.3, -0.25) is 0 Å². The Balaban J connectivity index is 1.56. The lowest BCUT2D eigenvalue weighted by molar-refractivity contribution is -0.180. The number of nitrogens with one attached hydrogen (secondary N) is 1. The number of carboxylic acid groups (broad SMARTS) is 1. The zero-order valence-corrected chi connectivity index (χ0v) is 20.2. The molecule has 3 N–H and O–H groups in total. The lowest BCUT2D eigenvalue weighted by Gasteiger charge is -2.45. The van der Waals surface area contributed by atoms with Crippen LogP contribution in [0.15, 0.2) is 36.7 Å². The average Bonchev–Trinajstić information content (AvgIpc) is 3.25. The summed E-state index contributed by atoms with van der Waals surface area (Å²) >= 11 is 1.48. The second kappa shape index (κ2) is 8.87. The first-order chi connectivity index (χ1) is 16.3. The van der Waals surface area contributed by atoms with E-state index < -0.39 is 28.9 Å². The van der Waals surface area contributed by atoms with Crippen LogP contribution < -0.4 is 5.32 Å². The van der Waals surface area contributed by atoms with Gasteiger partial charge in [0.15, 0.2) is 5.60 Å². The molecule has 1 fully saturated rings. The van der Waals surface area contributed by atoms with Crippen LogP contribution in [0.1, 0.15) is 55.3 Å². The Morgan fingerprint density at radius 3 is 2.63 bits per heavy atom. The normalized spacial score (nSPS) is 22.1. The van der Waals surface area contributed by atoms with E-state index in [0.717, 1.165) is 33.3 Å². The van der Waals surface area contributed by atoms with Gasteiger partial charge in [0, 0.05) is 29.4 Å². The number of thiazole rings is 1. The van der Waals surface area contributed by atoms with E-state index in [1.54, 1.807) is 32.2 Å². The number of anilines is 2. The minimum absolute atomic E-state index is 0.0179. The molecule has 1 aromatic carbocycles. The molecule has 2 unspecified atom stereocenters. The van der Waals surface area contributed by atoms with Crippen molar-refractivity contribution in [3.63, 3.8) is 0 Å². The van der Waals surface area contributed by atoms with Gasteiger partial charge in [-0.05, 0) is 55.5 Å². The van der Waals surface area contributed by atoms with E-state index in [0.29, 0.717) is 18.5 Å². The van der Waals surface area contributed by atoms with Gasteiger partial charge >= 0.3 is 12.1 Å². The maximum Gasteiger partial charge on any atom is 0.433 e. The standard InChI is InChI=1S/C24H25F3N4O3S/c1-13-8-15(10-16(9-13)30-21-28-7-5-18(31-21)24(25,26)27)17-12-29-19(35-17)14-4-6-23(34,20(32)33)22(2,3)11-14/h5,7-10,12,14,34H,4,6,11H2,1-3H3,(H,32,33)(H,28,30,31). The van der Waals surface area contributed by atoms with Gasteiger partial charge in [-0.2, -0.15) is 13.2 Å². The van der Waals surface area contributed by atoms with Crippen LogP contribution in [-0.4, -0.2) is 36.7 Å². The minimum atomic E-state index is -4.57. The number of carbonyl (C=O) groups is 1. The topological polar surface area (TPSA) is 108 Å². The van der Waals surface area contributed by atoms with Gasteiger partial charge in [0.2, 0.25) is 5.95 Å². The number of benzene rings is 1. The number of alkyl halides is 3. The molecular formula is C24H25F3N4O3S. The highest BCUT2D eigenvalue weighted by molar-refractivity contribution is 7.15. The van der Waals surface area contributed by atoms with Gasteiger partial charge in [0.1, 0.15) is 5.69 Å². The third-order valence-electron chi connectivity index (χ3n) is 6.52. The Kier molecular flexibility index (Phi) is 6.35. The molecule has 35 heavy (non-hydrogen) atoms. The molecule has 7 nitrogen and oxygen atoms in total. The van der Waals surface area contributed by atoms with Gasteiger partial charge in [-0.1, -0.05) is 19.9 Å². The molecule has 186 valence electrons. The molecule has 11 heteroatoms. The number of nitrogens with zero attached hydrogens (tertiary/aromatic N) is 3. The second-order valence-corrected chi connectivity index (χ2v) is 10.6. The molecule has 1 saturated carbocycles. The second-order valence-electron chi connectivity index (χ2n) is 9.53. The van der Waals surface area contributed by atoms with Gasteiger partial charge in [-0.25, -0.2) is 19.7 Å². The summed E-state index contributed by atoms with van der Waals surface area (Å²) < 4.78 is 38.9. The van der Waals surface area contributed by atoms with Gasteiger partial charge in [0.05, 0.1) is 9.88 Å². The lowest BCUT2D eigenvalue weighted by Crippen LogP contribution is -2.54. The maximum absolute atomic E-state index is 13.0. The van der Waals surface area contributed by atoms with E-state index in [-0.39, 0.29) is 18.3 Å². The lowest BCUT2D eigenvalue weighted by atomic mass is 9.62. The highest BCUT2D eigenvalue weighted by Gasteiger charge is 2.54. The molecule has 0 spiro atoms. The molecule has 0 bridgehead atoms. The number of aliphatic hydroxyl groups is 1. The van der Waals surface area contributed by atoms with Crippen LogP contribution in [0.4, 0.5) is 24.8 Å². The average molecular weight is 507 g/mol. The van der Waals surface area contributed by atoms with Crippen molar-refractivity contribution in [2.45, 2.75) is 57.7 Å². The van der Waals surface area contributed by atoms with Gasteiger partial charge in [-0.15, -0.1) is 11.3 Å². The predicted molar refractivity (Wildman–Crippen MR) is 126 cm³/mol. The van der Waals surface area contributed by atoms with Crippen LogP contribution in [0.2, 0.25) is 0 Å². The number of halogens is 3. The quantitative estimate of drug-likeness (QED) is 0.403. The predicted octanol–water partition coefficient (Wildman–Crippen LogP) is 5.78. The molecule has 2 atom stereocenters. The molecule has 0 amide bonds. The zero-order chi connectivity index (χ0) is 25.6. The summed E-state index contributed by atoms with van der Waals surface area (Å²) in [6.07, 6.45) is -0.636. The summed E-state index contributed by atoms with van der Waals surface area (Å²) in [6.45, 7) is 5.40. The molecule has 1 aliphatic rings. The number of aliphatic carboxylic acids is 1. The fourth-order valence-electron chi connectivity index (χ4n) is 4.53. The van der Waals surface area contributed by atoms with Crippen LogP contribution in [-0.2, 0) is 11.0 Å². The van der Waals surface area contributed by atoms with Crippen LogP contribution >= 0.6 is 11.3 Å². The summed E-state index contributed by atoms with van der Waals surface area (Å²) in [7, 11) is 0. The first-order valence-electron chi connectivity index (χ1n) is 11.0. The van der Waals surface area contributed by atoms with E-state index in [9.17, 15) is 28.2 Å². The van der Waals surface area contributed by atoms with Crippen molar-refractivity contribution < 1.29 is 28.2 Å². The summed E-state index contributed by atoms with van der Waals surface area (Å²) in [4.78, 5) is 24.5. The van der Waals surface area contributed by atoms with E-state index >= 15 is 0 Å². The SMILES string of the molecule is Cc1cc(Nc2nccc(C(F)(F)F)n2)cc(-c2cnc(C3CCC(O)(C(=O)O)C(C)(C)C3)s2)c1. The van der Waals surface area contributed by atoms with Crippen molar-refractivity contribution in [2.24, 2.45) is 5.41 Å². The monoisotopic (exact) mass is 506 g/mol. The van der Waals surface area contributed by atoms with Gasteiger partial charge < -0.3 is 15.5 Å². The number of hydrogen-bond donors (Lipinski definition) is 3. The highest BCUT2D eigenvalue weighted by atomic mass is 32.1. The first kappa shape index (κ1) is 25.1. The Hall–Kier alpha value is -3.05. The van der Waals surface area contributed by atoms with Crippen molar-refractivity contribution in [2.75, 3.05) is 5.32 Å². The van der Waals surface area contributed by atoms with E-state index in [2.05, 4.69) is 20.3 Å². The number of aryl methyl sites for hydroxylation is 1. The number of rotatable bonds is 5. The van der Waals surface area contributed by atoms with E-state index in [1.807, 2.05) is 13.0 Å². The largest absolute Gasteiger partial charge is 0.479 e. The summed E-state index contributed by atoms with van der Waals surface area (Å²) in [5.41, 5.74) is -1.36. The fourth-order valence-corrected chi connectivity index (χ4v) is 5.57. The Bertz CT molecular complexity index is 1260. The van der Waals surface area contributed by atoms with Crippen molar-refractivity contribution in [1.82, 2.24) is 15.0 Å². The smallest absolute Gasteiger partial charge is 0.433 e. The maximum atomic E-state index is 13.0. The van der Waals surface area contributed by atoms with Crippen molar-refractivity contribution >= 4 is 28.9 Å². The summed E-state index contributed by atoms with van der Waals surface area (Å²) in [5, 5.41) is 23.9. The van der Waals surface area contributed by atoms with Crippen molar-refractivity contribution in [1.29, 1.82) is 0 Å². The molecule has 0 radical (unpaired) electrons. The van der Waals surface area contributed by atoms with Crippen molar-refractivity contribution in [3.05, 3.63) is 52.9 Å². The molecule has 0 saturated heterocycles. The number of carboxylic acids is 1. The molecule has 3 aromatic rings. The molecule has 2 aromatic heterocycles. The number of aromatic nitrogens is 3.